The Hall–Kier alpha value is -0.610. The van der Waals surface area contributed by atoms with Gasteiger partial charge in [-0.05, 0) is 56.9 Å². The molecule has 22 heavy (non-hydrogen) atoms. The summed E-state index contributed by atoms with van der Waals surface area (Å²) in [7, 11) is 0. The van der Waals surface area contributed by atoms with Crippen molar-refractivity contribution in [3.63, 3.8) is 0 Å². The van der Waals surface area contributed by atoms with Crippen LogP contribution in [0.1, 0.15) is 57.8 Å². The number of hydrogen-bond donors (Lipinski definition) is 1. The van der Waals surface area contributed by atoms with Crippen molar-refractivity contribution < 1.29 is 9.53 Å². The van der Waals surface area contributed by atoms with Gasteiger partial charge < -0.3 is 10.1 Å². The summed E-state index contributed by atoms with van der Waals surface area (Å²) in [5, 5.41) is 3.09. The van der Waals surface area contributed by atoms with E-state index in [2.05, 4.69) is 10.2 Å². The van der Waals surface area contributed by atoms with E-state index in [-0.39, 0.29) is 12.0 Å². The second kappa shape index (κ2) is 6.48. The number of piperidine rings is 1. The van der Waals surface area contributed by atoms with E-state index >= 15 is 0 Å². The Balaban J connectivity index is 1.28. The molecule has 4 heteroatoms. The van der Waals surface area contributed by atoms with E-state index < -0.39 is 0 Å². The van der Waals surface area contributed by atoms with Gasteiger partial charge in [0, 0.05) is 19.1 Å². The number of nitrogens with zero attached hydrogens (tertiary/aromatic N) is 1. The van der Waals surface area contributed by atoms with Gasteiger partial charge in [0.05, 0.1) is 6.10 Å². The van der Waals surface area contributed by atoms with Gasteiger partial charge in [0.15, 0.2) is 0 Å². The van der Waals surface area contributed by atoms with E-state index in [4.69, 9.17) is 4.74 Å². The first kappa shape index (κ1) is 14.9. The topological polar surface area (TPSA) is 41.6 Å². The highest BCUT2D eigenvalue weighted by Gasteiger charge is 2.43. The molecule has 4 aliphatic rings. The molecular formula is C18H30N2O2. The lowest BCUT2D eigenvalue weighted by molar-refractivity contribution is -0.133. The Bertz CT molecular complexity index is 404. The van der Waals surface area contributed by atoms with Crippen LogP contribution in [0.2, 0.25) is 0 Å². The van der Waals surface area contributed by atoms with Crippen LogP contribution in [0.25, 0.3) is 0 Å². The third-order valence-electron chi connectivity index (χ3n) is 6.23. The van der Waals surface area contributed by atoms with Crippen molar-refractivity contribution in [3.05, 3.63) is 0 Å². The highest BCUT2D eigenvalue weighted by Crippen LogP contribution is 2.36. The van der Waals surface area contributed by atoms with Crippen LogP contribution in [0.4, 0.5) is 0 Å². The van der Waals surface area contributed by atoms with Gasteiger partial charge in [-0.25, -0.2) is 0 Å². The molecule has 0 aromatic heterocycles. The first-order valence-corrected chi connectivity index (χ1v) is 9.47. The molecule has 0 aromatic rings. The lowest BCUT2D eigenvalue weighted by atomic mass is 9.88. The number of amides is 1. The number of nitrogens with one attached hydrogen (secondary N) is 1. The van der Waals surface area contributed by atoms with Crippen LogP contribution >= 0.6 is 0 Å². The van der Waals surface area contributed by atoms with Gasteiger partial charge in [-0.1, -0.05) is 19.3 Å². The number of rotatable bonds is 4. The maximum Gasteiger partial charge on any atom is 0.249 e. The average molecular weight is 306 g/mol. The van der Waals surface area contributed by atoms with Gasteiger partial charge in [-0.2, -0.15) is 0 Å². The Morgan fingerprint density at radius 2 is 1.91 bits per heavy atom. The molecule has 0 unspecified atom stereocenters. The molecule has 2 aliphatic heterocycles. The standard InChI is InChI=1S/C18H30N2O2/c21-18(19-11-13-6-7-13)16-10-14-8-9-20(12-17(14)22-16)15-4-2-1-3-5-15/h13-17H,1-12H2,(H,19,21)/t14-,16+,17+/m1/s1. The SMILES string of the molecule is O=C(NCC1CC1)[C@@H]1C[C@H]2CCN(C3CCCCC3)C[C@@H]2O1. The second-order valence-corrected chi connectivity index (χ2v) is 7.92. The Labute approximate surface area is 134 Å². The van der Waals surface area contributed by atoms with E-state index in [1.807, 2.05) is 0 Å². The van der Waals surface area contributed by atoms with Crippen molar-refractivity contribution in [1.29, 1.82) is 0 Å². The lowest BCUT2D eigenvalue weighted by Crippen LogP contribution is -2.48. The van der Waals surface area contributed by atoms with Gasteiger partial charge in [0.2, 0.25) is 5.91 Å². The molecule has 4 fully saturated rings. The minimum absolute atomic E-state index is 0.144. The van der Waals surface area contributed by atoms with Crippen molar-refractivity contribution in [2.24, 2.45) is 11.8 Å². The summed E-state index contributed by atoms with van der Waals surface area (Å²) in [6.45, 7) is 3.13. The quantitative estimate of drug-likeness (QED) is 0.867. The first-order chi connectivity index (χ1) is 10.8. The van der Waals surface area contributed by atoms with Crippen LogP contribution in [0.15, 0.2) is 0 Å². The molecule has 0 aromatic carbocycles. The highest BCUT2D eigenvalue weighted by atomic mass is 16.5. The summed E-state index contributed by atoms with van der Waals surface area (Å²) in [6.07, 6.45) is 11.8. The number of hydrogen-bond acceptors (Lipinski definition) is 3. The zero-order valence-electron chi connectivity index (χ0n) is 13.6. The fraction of sp³-hybridized carbons (Fsp3) is 0.944. The Morgan fingerprint density at radius 1 is 1.09 bits per heavy atom. The van der Waals surface area contributed by atoms with Crippen LogP contribution in [-0.2, 0) is 9.53 Å². The normalized spacial score (nSPS) is 37.0. The van der Waals surface area contributed by atoms with Crippen LogP contribution in [0.5, 0.6) is 0 Å². The zero-order chi connectivity index (χ0) is 14.9. The number of carbonyl (C=O) groups is 1. The maximum absolute atomic E-state index is 12.3. The molecule has 2 heterocycles. The van der Waals surface area contributed by atoms with E-state index in [9.17, 15) is 4.79 Å². The second-order valence-electron chi connectivity index (χ2n) is 7.92. The molecule has 1 amide bonds. The molecule has 2 aliphatic carbocycles. The molecule has 0 radical (unpaired) electrons. The smallest absolute Gasteiger partial charge is 0.249 e. The molecule has 3 atom stereocenters. The summed E-state index contributed by atoms with van der Waals surface area (Å²) in [4.78, 5) is 14.9. The van der Waals surface area contributed by atoms with Crippen LogP contribution in [0, 0.1) is 11.8 Å². The molecule has 1 N–H and O–H groups in total. The largest absolute Gasteiger partial charge is 0.364 e. The summed E-state index contributed by atoms with van der Waals surface area (Å²) in [6, 6.07) is 0.779. The van der Waals surface area contributed by atoms with Crippen molar-refractivity contribution >= 4 is 5.91 Å². The third kappa shape index (κ3) is 3.33. The number of carbonyl (C=O) groups excluding carboxylic acids is 1. The first-order valence-electron chi connectivity index (χ1n) is 9.47. The molecule has 2 saturated carbocycles. The van der Waals surface area contributed by atoms with Crippen molar-refractivity contribution in [1.82, 2.24) is 10.2 Å². The maximum atomic E-state index is 12.3. The summed E-state index contributed by atoms with van der Waals surface area (Å²) in [5.41, 5.74) is 0. The zero-order valence-corrected chi connectivity index (χ0v) is 13.6. The number of fused-ring (bicyclic) bond motifs is 1. The predicted octanol–water partition coefficient (Wildman–Crippen LogP) is 2.32. The van der Waals surface area contributed by atoms with Crippen molar-refractivity contribution in [2.75, 3.05) is 19.6 Å². The molecule has 124 valence electrons. The van der Waals surface area contributed by atoms with E-state index in [0.717, 1.165) is 31.5 Å². The van der Waals surface area contributed by atoms with Crippen molar-refractivity contribution in [2.45, 2.75) is 76.0 Å². The van der Waals surface area contributed by atoms with Gasteiger partial charge >= 0.3 is 0 Å². The van der Waals surface area contributed by atoms with E-state index in [0.29, 0.717) is 12.0 Å². The van der Waals surface area contributed by atoms with Crippen LogP contribution in [-0.4, -0.2) is 48.7 Å². The molecule has 0 bridgehead atoms. The molecule has 2 saturated heterocycles. The minimum atomic E-state index is -0.181. The minimum Gasteiger partial charge on any atom is -0.364 e. The van der Waals surface area contributed by atoms with E-state index in [1.165, 1.54) is 57.9 Å². The fourth-order valence-electron chi connectivity index (χ4n) is 4.58. The van der Waals surface area contributed by atoms with Gasteiger partial charge in [0.25, 0.3) is 0 Å². The van der Waals surface area contributed by atoms with Crippen LogP contribution < -0.4 is 5.32 Å². The summed E-state index contributed by atoms with van der Waals surface area (Å²) in [5.74, 6) is 1.50. The monoisotopic (exact) mass is 306 g/mol. The Morgan fingerprint density at radius 3 is 2.68 bits per heavy atom. The van der Waals surface area contributed by atoms with Crippen molar-refractivity contribution in [3.8, 4) is 0 Å². The Kier molecular flexibility index (Phi) is 4.40. The van der Waals surface area contributed by atoms with Gasteiger partial charge in [-0.15, -0.1) is 0 Å². The molecule has 4 rings (SSSR count). The highest BCUT2D eigenvalue weighted by molar-refractivity contribution is 5.81. The number of ether oxygens (including phenoxy) is 1. The van der Waals surface area contributed by atoms with Gasteiger partial charge in [-0.3, -0.25) is 9.69 Å². The molecule has 0 spiro atoms. The summed E-state index contributed by atoms with van der Waals surface area (Å²) < 4.78 is 6.15. The fourth-order valence-corrected chi connectivity index (χ4v) is 4.58. The number of likely N-dealkylation sites (tertiary alicyclic amines) is 1. The molecule has 4 nitrogen and oxygen atoms in total. The van der Waals surface area contributed by atoms with Crippen LogP contribution in [0.3, 0.4) is 0 Å². The third-order valence-corrected chi connectivity index (χ3v) is 6.23. The predicted molar refractivity (Wildman–Crippen MR) is 85.6 cm³/mol. The lowest BCUT2D eigenvalue weighted by Gasteiger charge is -2.40. The average Bonchev–Trinajstić information content (AvgIpc) is 3.29. The molecular weight excluding hydrogens is 276 g/mol. The van der Waals surface area contributed by atoms with Gasteiger partial charge in [0.1, 0.15) is 6.10 Å². The van der Waals surface area contributed by atoms with E-state index in [1.54, 1.807) is 0 Å². The summed E-state index contributed by atoms with van der Waals surface area (Å²) >= 11 is 0.